The Morgan fingerprint density at radius 2 is 2.15 bits per heavy atom. The van der Waals surface area contributed by atoms with Crippen LogP contribution in [0.1, 0.15) is 43.7 Å². The second kappa shape index (κ2) is 5.33. The van der Waals surface area contributed by atoms with Gasteiger partial charge in [0.05, 0.1) is 11.8 Å². The Kier molecular flexibility index (Phi) is 3.37. The lowest BCUT2D eigenvalue weighted by Crippen LogP contribution is -2.04. The van der Waals surface area contributed by atoms with Crippen LogP contribution in [0.5, 0.6) is 0 Å². The standard InChI is InChI=1S/C13H16N6O/c14-6-7-19-8-10(9-4-2-1-3-5-9)16-13(19)11-12(15)18-20-17-11/h8-9H,1-5,7H2,(H2,15,18). The van der Waals surface area contributed by atoms with Crippen molar-refractivity contribution in [2.45, 2.75) is 44.6 Å². The van der Waals surface area contributed by atoms with Crippen LogP contribution in [0.15, 0.2) is 10.8 Å². The van der Waals surface area contributed by atoms with Crippen molar-refractivity contribution >= 4 is 5.82 Å². The Morgan fingerprint density at radius 3 is 2.80 bits per heavy atom. The third-order valence-corrected chi connectivity index (χ3v) is 3.79. The zero-order chi connectivity index (χ0) is 13.9. The lowest BCUT2D eigenvalue weighted by atomic mass is 9.87. The van der Waals surface area contributed by atoms with E-state index >= 15 is 0 Å². The Labute approximate surface area is 116 Å². The summed E-state index contributed by atoms with van der Waals surface area (Å²) in [6.45, 7) is 0.210. The lowest BCUT2D eigenvalue weighted by molar-refractivity contribution is 0.310. The van der Waals surface area contributed by atoms with Crippen molar-refractivity contribution < 1.29 is 4.63 Å². The molecule has 0 saturated heterocycles. The summed E-state index contributed by atoms with van der Waals surface area (Å²) < 4.78 is 6.39. The van der Waals surface area contributed by atoms with Gasteiger partial charge in [0.25, 0.3) is 0 Å². The summed E-state index contributed by atoms with van der Waals surface area (Å²) >= 11 is 0. The molecule has 2 aromatic heterocycles. The summed E-state index contributed by atoms with van der Waals surface area (Å²) in [4.78, 5) is 4.63. The van der Waals surface area contributed by atoms with Crippen molar-refractivity contribution in [2.24, 2.45) is 0 Å². The first-order valence-electron chi connectivity index (χ1n) is 6.82. The number of imidazole rings is 1. The molecule has 0 amide bonds. The van der Waals surface area contributed by atoms with Crippen LogP contribution < -0.4 is 5.73 Å². The van der Waals surface area contributed by atoms with Gasteiger partial charge in [0.2, 0.25) is 0 Å². The van der Waals surface area contributed by atoms with E-state index in [4.69, 9.17) is 11.0 Å². The monoisotopic (exact) mass is 272 g/mol. The molecule has 0 spiro atoms. The molecule has 7 heteroatoms. The quantitative estimate of drug-likeness (QED) is 0.916. The molecule has 2 heterocycles. The summed E-state index contributed by atoms with van der Waals surface area (Å²) in [5.41, 5.74) is 7.14. The average molecular weight is 272 g/mol. The molecule has 1 aliphatic carbocycles. The molecule has 0 unspecified atom stereocenters. The number of aromatic nitrogens is 4. The number of nitrogens with zero attached hydrogens (tertiary/aromatic N) is 5. The normalized spacial score (nSPS) is 16.1. The molecule has 1 saturated carbocycles. The van der Waals surface area contributed by atoms with Gasteiger partial charge in [0.15, 0.2) is 17.3 Å². The predicted molar refractivity (Wildman–Crippen MR) is 71.4 cm³/mol. The van der Waals surface area contributed by atoms with Gasteiger partial charge in [0.1, 0.15) is 6.54 Å². The highest BCUT2D eigenvalue weighted by Crippen LogP contribution is 2.33. The van der Waals surface area contributed by atoms with Gasteiger partial charge in [-0.3, -0.25) is 0 Å². The van der Waals surface area contributed by atoms with E-state index in [-0.39, 0.29) is 12.4 Å². The van der Waals surface area contributed by atoms with Gasteiger partial charge in [-0.1, -0.05) is 19.3 Å². The molecule has 3 rings (SSSR count). The van der Waals surface area contributed by atoms with Gasteiger partial charge in [-0.05, 0) is 23.2 Å². The molecule has 1 fully saturated rings. The zero-order valence-corrected chi connectivity index (χ0v) is 11.1. The first kappa shape index (κ1) is 12.7. The molecule has 0 radical (unpaired) electrons. The van der Waals surface area contributed by atoms with Gasteiger partial charge in [0, 0.05) is 12.1 Å². The molecule has 0 atom stereocenters. The molecule has 1 aliphatic rings. The highest BCUT2D eigenvalue weighted by Gasteiger charge is 2.23. The number of hydrogen-bond donors (Lipinski definition) is 1. The fraction of sp³-hybridized carbons (Fsp3) is 0.538. The van der Waals surface area contributed by atoms with Crippen molar-refractivity contribution in [3.63, 3.8) is 0 Å². The number of nitrogens with two attached hydrogens (primary N) is 1. The van der Waals surface area contributed by atoms with Crippen molar-refractivity contribution in [1.29, 1.82) is 5.26 Å². The van der Waals surface area contributed by atoms with Gasteiger partial charge in [-0.25, -0.2) is 9.61 Å². The SMILES string of the molecule is N#CCn1cc(C2CCCCC2)nc1-c1nonc1N. The largest absolute Gasteiger partial charge is 0.379 e. The van der Waals surface area contributed by atoms with E-state index in [0.29, 0.717) is 17.4 Å². The molecule has 7 nitrogen and oxygen atoms in total. The van der Waals surface area contributed by atoms with E-state index in [2.05, 4.69) is 26.0 Å². The molecule has 2 N–H and O–H groups in total. The summed E-state index contributed by atoms with van der Waals surface area (Å²) in [5, 5.41) is 16.3. The Morgan fingerprint density at radius 1 is 1.35 bits per heavy atom. The van der Waals surface area contributed by atoms with Gasteiger partial charge in [-0.15, -0.1) is 0 Å². The molecule has 0 bridgehead atoms. The Hall–Kier alpha value is -2.36. The third kappa shape index (κ3) is 2.25. The van der Waals surface area contributed by atoms with Crippen molar-refractivity contribution in [1.82, 2.24) is 19.9 Å². The number of nitriles is 1. The van der Waals surface area contributed by atoms with Crippen molar-refractivity contribution in [3.05, 3.63) is 11.9 Å². The smallest absolute Gasteiger partial charge is 0.199 e. The van der Waals surface area contributed by atoms with Crippen LogP contribution in [-0.2, 0) is 6.54 Å². The minimum absolute atomic E-state index is 0.199. The average Bonchev–Trinajstić information content (AvgIpc) is 3.06. The summed E-state index contributed by atoms with van der Waals surface area (Å²) in [7, 11) is 0. The van der Waals surface area contributed by atoms with E-state index in [9.17, 15) is 0 Å². The van der Waals surface area contributed by atoms with Crippen LogP contribution in [0.4, 0.5) is 5.82 Å². The number of hydrogen-bond acceptors (Lipinski definition) is 6. The van der Waals surface area contributed by atoms with E-state index in [1.54, 1.807) is 4.57 Å². The third-order valence-electron chi connectivity index (χ3n) is 3.79. The molecule has 20 heavy (non-hydrogen) atoms. The van der Waals surface area contributed by atoms with Gasteiger partial charge >= 0.3 is 0 Å². The Bertz CT molecular complexity index is 632. The number of anilines is 1. The molecule has 0 aliphatic heterocycles. The molecular weight excluding hydrogens is 256 g/mol. The summed E-state index contributed by atoms with van der Waals surface area (Å²) in [5.74, 6) is 1.22. The number of rotatable bonds is 3. The van der Waals surface area contributed by atoms with E-state index in [1.165, 1.54) is 19.3 Å². The van der Waals surface area contributed by atoms with E-state index in [0.717, 1.165) is 18.5 Å². The van der Waals surface area contributed by atoms with E-state index in [1.807, 2.05) is 6.20 Å². The zero-order valence-electron chi connectivity index (χ0n) is 11.1. The van der Waals surface area contributed by atoms with Crippen LogP contribution in [-0.4, -0.2) is 19.9 Å². The van der Waals surface area contributed by atoms with E-state index < -0.39 is 0 Å². The fourth-order valence-electron chi connectivity index (χ4n) is 2.77. The number of nitrogen functional groups attached to an aromatic ring is 1. The Balaban J connectivity index is 1.98. The first-order valence-corrected chi connectivity index (χ1v) is 6.82. The highest BCUT2D eigenvalue weighted by atomic mass is 16.6. The predicted octanol–water partition coefficient (Wildman–Crippen LogP) is 2.09. The minimum atomic E-state index is 0.199. The maximum absolute atomic E-state index is 8.94. The molecule has 0 aromatic carbocycles. The topological polar surface area (TPSA) is 107 Å². The van der Waals surface area contributed by atoms with Gasteiger partial charge < -0.3 is 10.3 Å². The van der Waals surface area contributed by atoms with Crippen molar-refractivity contribution in [3.8, 4) is 17.6 Å². The summed E-state index contributed by atoms with van der Waals surface area (Å²) in [6.07, 6.45) is 7.99. The maximum Gasteiger partial charge on any atom is 0.199 e. The highest BCUT2D eigenvalue weighted by molar-refractivity contribution is 5.63. The van der Waals surface area contributed by atoms with Crippen LogP contribution in [0.25, 0.3) is 11.5 Å². The van der Waals surface area contributed by atoms with Crippen LogP contribution in [0.2, 0.25) is 0 Å². The maximum atomic E-state index is 8.94. The molecular formula is C13H16N6O. The van der Waals surface area contributed by atoms with Crippen LogP contribution in [0.3, 0.4) is 0 Å². The molecule has 2 aromatic rings. The second-order valence-electron chi connectivity index (χ2n) is 5.11. The lowest BCUT2D eigenvalue weighted by Gasteiger charge is -2.19. The first-order chi connectivity index (χ1) is 9.79. The summed E-state index contributed by atoms with van der Waals surface area (Å²) in [6, 6.07) is 2.13. The fourth-order valence-corrected chi connectivity index (χ4v) is 2.77. The second-order valence-corrected chi connectivity index (χ2v) is 5.11. The van der Waals surface area contributed by atoms with Crippen molar-refractivity contribution in [2.75, 3.05) is 5.73 Å². The van der Waals surface area contributed by atoms with Crippen LogP contribution in [0, 0.1) is 11.3 Å². The minimum Gasteiger partial charge on any atom is -0.379 e. The van der Waals surface area contributed by atoms with Gasteiger partial charge in [-0.2, -0.15) is 5.26 Å². The van der Waals surface area contributed by atoms with Crippen LogP contribution >= 0.6 is 0 Å². The molecule has 104 valence electrons.